The van der Waals surface area contributed by atoms with Gasteiger partial charge in [-0.2, -0.15) is 0 Å². The number of aliphatic carboxylic acids is 1. The van der Waals surface area contributed by atoms with E-state index in [1.807, 2.05) is 0 Å². The number of aliphatic hydroxyl groups excluding tert-OH is 2. The molecule has 1 aromatic carbocycles. The summed E-state index contributed by atoms with van der Waals surface area (Å²) in [5.41, 5.74) is 1.52. The highest BCUT2D eigenvalue weighted by Crippen LogP contribution is 2.11. The minimum Gasteiger partial charge on any atom is -0.480 e. The number of carbonyl (C=O) groups excluding carboxylic acids is 1. The van der Waals surface area contributed by atoms with Crippen LogP contribution in [0.25, 0.3) is 0 Å². The standard InChI is InChI=1S/C14H20N2O5/c1-9(18)16-13(14(20)21)6-10-2-4-11(5-3-10)15-7-12(19)8-17/h2-5,12-13,15,17,19H,6-8H2,1H3,(H,16,18)(H,20,21). The molecule has 0 aromatic heterocycles. The lowest BCUT2D eigenvalue weighted by Crippen LogP contribution is -2.41. The maximum atomic E-state index is 11.0. The third-order valence-corrected chi connectivity index (χ3v) is 2.82. The molecule has 21 heavy (non-hydrogen) atoms. The van der Waals surface area contributed by atoms with Gasteiger partial charge in [-0.1, -0.05) is 12.1 Å². The summed E-state index contributed by atoms with van der Waals surface area (Å²) >= 11 is 0. The number of benzene rings is 1. The topological polar surface area (TPSA) is 119 Å². The van der Waals surface area contributed by atoms with Gasteiger partial charge in [-0.15, -0.1) is 0 Å². The summed E-state index contributed by atoms with van der Waals surface area (Å²) in [4.78, 5) is 22.0. The van der Waals surface area contributed by atoms with E-state index in [-0.39, 0.29) is 19.6 Å². The van der Waals surface area contributed by atoms with Crippen molar-refractivity contribution in [2.45, 2.75) is 25.5 Å². The lowest BCUT2D eigenvalue weighted by atomic mass is 10.1. The van der Waals surface area contributed by atoms with Crippen molar-refractivity contribution in [3.8, 4) is 0 Å². The van der Waals surface area contributed by atoms with Crippen LogP contribution in [0.3, 0.4) is 0 Å². The molecule has 0 saturated carbocycles. The summed E-state index contributed by atoms with van der Waals surface area (Å²) in [7, 11) is 0. The highest BCUT2D eigenvalue weighted by atomic mass is 16.4. The van der Waals surface area contributed by atoms with E-state index in [2.05, 4.69) is 10.6 Å². The zero-order valence-electron chi connectivity index (χ0n) is 11.7. The molecule has 0 radical (unpaired) electrons. The Labute approximate surface area is 122 Å². The smallest absolute Gasteiger partial charge is 0.326 e. The summed E-state index contributed by atoms with van der Waals surface area (Å²) in [6.45, 7) is 1.18. The molecule has 116 valence electrons. The number of carboxylic acid groups (broad SMARTS) is 1. The van der Waals surface area contributed by atoms with Gasteiger partial charge in [-0.25, -0.2) is 4.79 Å². The third kappa shape index (κ3) is 6.24. The first-order valence-electron chi connectivity index (χ1n) is 6.54. The Morgan fingerprint density at radius 1 is 1.24 bits per heavy atom. The van der Waals surface area contributed by atoms with Crippen LogP contribution in [0.2, 0.25) is 0 Å². The molecule has 7 heteroatoms. The molecule has 0 saturated heterocycles. The summed E-state index contributed by atoms with van der Waals surface area (Å²) in [5.74, 6) is -1.47. The SMILES string of the molecule is CC(=O)NC(Cc1ccc(NCC(O)CO)cc1)C(=O)O. The zero-order valence-corrected chi connectivity index (χ0v) is 11.7. The van der Waals surface area contributed by atoms with Crippen LogP contribution in [-0.2, 0) is 16.0 Å². The van der Waals surface area contributed by atoms with Gasteiger partial charge in [0.1, 0.15) is 6.04 Å². The second kappa shape index (κ2) is 8.23. The predicted octanol–water partition coefficient (Wildman–Crippen LogP) is -0.417. The maximum Gasteiger partial charge on any atom is 0.326 e. The number of carbonyl (C=O) groups is 2. The molecule has 2 unspecified atom stereocenters. The quantitative estimate of drug-likeness (QED) is 0.445. The van der Waals surface area contributed by atoms with E-state index in [1.165, 1.54) is 6.92 Å². The Morgan fingerprint density at radius 3 is 2.33 bits per heavy atom. The molecule has 0 aliphatic rings. The molecule has 0 spiro atoms. The lowest BCUT2D eigenvalue weighted by molar-refractivity contribution is -0.141. The number of amides is 1. The van der Waals surface area contributed by atoms with Gasteiger partial charge in [0.2, 0.25) is 5.91 Å². The van der Waals surface area contributed by atoms with Crippen LogP contribution in [0.1, 0.15) is 12.5 Å². The number of rotatable bonds is 8. The normalized spacial score (nSPS) is 13.3. The molecule has 0 fully saturated rings. The molecule has 0 bridgehead atoms. The fraction of sp³-hybridized carbons (Fsp3) is 0.429. The number of aliphatic hydroxyl groups is 2. The van der Waals surface area contributed by atoms with Gasteiger partial charge in [0, 0.05) is 25.6 Å². The number of nitrogens with one attached hydrogen (secondary N) is 2. The number of anilines is 1. The van der Waals surface area contributed by atoms with Gasteiger partial charge in [-0.05, 0) is 17.7 Å². The van der Waals surface area contributed by atoms with Crippen molar-refractivity contribution in [3.05, 3.63) is 29.8 Å². The van der Waals surface area contributed by atoms with Crippen LogP contribution in [-0.4, -0.2) is 52.5 Å². The molecular weight excluding hydrogens is 276 g/mol. The van der Waals surface area contributed by atoms with Gasteiger partial charge in [0.05, 0.1) is 12.7 Å². The van der Waals surface area contributed by atoms with E-state index in [0.29, 0.717) is 0 Å². The van der Waals surface area contributed by atoms with Gasteiger partial charge < -0.3 is 26.0 Å². The highest BCUT2D eigenvalue weighted by molar-refractivity contribution is 5.82. The Kier molecular flexibility index (Phi) is 6.64. The Morgan fingerprint density at radius 2 is 1.86 bits per heavy atom. The van der Waals surface area contributed by atoms with E-state index >= 15 is 0 Å². The van der Waals surface area contributed by atoms with Crippen molar-refractivity contribution in [2.24, 2.45) is 0 Å². The Balaban J connectivity index is 2.60. The first-order chi connectivity index (χ1) is 9.92. The fourth-order valence-electron chi connectivity index (χ4n) is 1.74. The van der Waals surface area contributed by atoms with Crippen molar-refractivity contribution in [1.82, 2.24) is 5.32 Å². The van der Waals surface area contributed by atoms with Gasteiger partial charge >= 0.3 is 5.97 Å². The summed E-state index contributed by atoms with van der Waals surface area (Å²) < 4.78 is 0. The summed E-state index contributed by atoms with van der Waals surface area (Å²) in [6, 6.07) is 6.01. The molecule has 0 heterocycles. The van der Waals surface area contributed by atoms with Crippen molar-refractivity contribution in [1.29, 1.82) is 0 Å². The van der Waals surface area contributed by atoms with Crippen LogP contribution in [0.15, 0.2) is 24.3 Å². The molecular formula is C14H20N2O5. The monoisotopic (exact) mass is 296 g/mol. The summed E-state index contributed by atoms with van der Waals surface area (Å²) in [6.07, 6.45) is -0.644. The first kappa shape index (κ1) is 16.9. The third-order valence-electron chi connectivity index (χ3n) is 2.82. The van der Waals surface area contributed by atoms with Crippen molar-refractivity contribution < 1.29 is 24.9 Å². The van der Waals surface area contributed by atoms with Crippen LogP contribution >= 0.6 is 0 Å². The van der Waals surface area contributed by atoms with E-state index in [4.69, 9.17) is 10.2 Å². The van der Waals surface area contributed by atoms with Gasteiger partial charge in [-0.3, -0.25) is 4.79 Å². The number of hydrogen-bond acceptors (Lipinski definition) is 5. The van der Waals surface area contributed by atoms with E-state index in [9.17, 15) is 14.7 Å². The minimum absolute atomic E-state index is 0.189. The second-order valence-electron chi connectivity index (χ2n) is 4.71. The molecule has 7 nitrogen and oxygen atoms in total. The first-order valence-corrected chi connectivity index (χ1v) is 6.54. The lowest BCUT2D eigenvalue weighted by Gasteiger charge is -2.14. The Hall–Kier alpha value is -2.12. The number of hydrogen-bond donors (Lipinski definition) is 5. The molecule has 0 aliphatic carbocycles. The minimum atomic E-state index is -1.08. The van der Waals surface area contributed by atoms with Gasteiger partial charge in [0.25, 0.3) is 0 Å². The van der Waals surface area contributed by atoms with Crippen molar-refractivity contribution in [3.63, 3.8) is 0 Å². The summed E-state index contributed by atoms with van der Waals surface area (Å²) in [5, 5.41) is 32.3. The number of carboxylic acids is 1. The highest BCUT2D eigenvalue weighted by Gasteiger charge is 2.18. The second-order valence-corrected chi connectivity index (χ2v) is 4.71. The molecule has 2 atom stereocenters. The Bertz CT molecular complexity index is 475. The van der Waals surface area contributed by atoms with E-state index in [0.717, 1.165) is 11.3 Å². The van der Waals surface area contributed by atoms with Crippen LogP contribution < -0.4 is 10.6 Å². The van der Waals surface area contributed by atoms with Crippen LogP contribution in [0.4, 0.5) is 5.69 Å². The molecule has 1 aromatic rings. The predicted molar refractivity (Wildman–Crippen MR) is 77.0 cm³/mol. The van der Waals surface area contributed by atoms with Crippen molar-refractivity contribution in [2.75, 3.05) is 18.5 Å². The van der Waals surface area contributed by atoms with E-state index < -0.39 is 24.0 Å². The zero-order chi connectivity index (χ0) is 15.8. The largest absolute Gasteiger partial charge is 0.480 e. The average Bonchev–Trinajstić information content (AvgIpc) is 2.44. The molecule has 5 N–H and O–H groups in total. The molecule has 1 amide bonds. The van der Waals surface area contributed by atoms with Crippen LogP contribution in [0, 0.1) is 0 Å². The molecule has 0 aliphatic heterocycles. The average molecular weight is 296 g/mol. The molecule has 1 rings (SSSR count). The van der Waals surface area contributed by atoms with Crippen LogP contribution in [0.5, 0.6) is 0 Å². The van der Waals surface area contributed by atoms with E-state index in [1.54, 1.807) is 24.3 Å². The van der Waals surface area contributed by atoms with Crippen molar-refractivity contribution >= 4 is 17.6 Å². The fourth-order valence-corrected chi connectivity index (χ4v) is 1.74. The maximum absolute atomic E-state index is 11.0. The van der Waals surface area contributed by atoms with Gasteiger partial charge in [0.15, 0.2) is 0 Å².